The molecule has 5 nitrogen and oxygen atoms in total. The number of aromatic nitrogens is 2. The summed E-state index contributed by atoms with van der Waals surface area (Å²) in [6.45, 7) is 3.56. The number of nitrogens with zero attached hydrogens (tertiary/aromatic N) is 1. The molecule has 0 aliphatic carbocycles. The molecule has 0 bridgehead atoms. The van der Waals surface area contributed by atoms with E-state index >= 15 is 0 Å². The van der Waals surface area contributed by atoms with Gasteiger partial charge in [0, 0.05) is 11.1 Å². The second-order valence-electron chi connectivity index (χ2n) is 5.72. The number of ether oxygens (including phenoxy) is 1. The molecule has 3 aromatic rings. The van der Waals surface area contributed by atoms with Gasteiger partial charge in [-0.3, -0.25) is 9.78 Å². The van der Waals surface area contributed by atoms with E-state index in [1.165, 1.54) is 6.07 Å². The van der Waals surface area contributed by atoms with E-state index in [0.717, 1.165) is 11.1 Å². The Bertz CT molecular complexity index is 965. The van der Waals surface area contributed by atoms with E-state index < -0.39 is 5.82 Å². The molecule has 0 aliphatic heterocycles. The number of H-pyrrole nitrogens is 1. The van der Waals surface area contributed by atoms with Crippen molar-refractivity contribution in [2.45, 2.75) is 13.8 Å². The van der Waals surface area contributed by atoms with Gasteiger partial charge in [0.15, 0.2) is 0 Å². The summed E-state index contributed by atoms with van der Waals surface area (Å²) in [7, 11) is 1.59. The minimum absolute atomic E-state index is 0.186. The van der Waals surface area contributed by atoms with Crippen LogP contribution in [-0.2, 0) is 0 Å². The van der Waals surface area contributed by atoms with Gasteiger partial charge in [-0.2, -0.15) is 0 Å². The molecule has 25 heavy (non-hydrogen) atoms. The maximum atomic E-state index is 13.9. The highest BCUT2D eigenvalue weighted by Gasteiger charge is 2.11. The molecular weight excluding hydrogens is 321 g/mol. The van der Waals surface area contributed by atoms with Crippen molar-refractivity contribution < 1.29 is 9.13 Å². The number of nitrogens with one attached hydrogen (secondary N) is 2. The van der Waals surface area contributed by atoms with Gasteiger partial charge in [0.1, 0.15) is 11.6 Å². The number of halogens is 1. The number of hydrogen-bond acceptors (Lipinski definition) is 4. The Balaban J connectivity index is 2.03. The normalized spacial score (nSPS) is 10.6. The van der Waals surface area contributed by atoms with E-state index in [4.69, 9.17) is 4.74 Å². The summed E-state index contributed by atoms with van der Waals surface area (Å²) in [6.07, 6.45) is 0. The molecule has 6 heteroatoms. The van der Waals surface area contributed by atoms with E-state index in [2.05, 4.69) is 15.3 Å². The fourth-order valence-corrected chi connectivity index (χ4v) is 2.48. The Morgan fingerprint density at radius 2 is 1.84 bits per heavy atom. The lowest BCUT2D eigenvalue weighted by Crippen LogP contribution is -2.15. The quantitative estimate of drug-likeness (QED) is 0.755. The molecule has 0 unspecified atom stereocenters. The molecule has 1 aromatic heterocycles. The second-order valence-corrected chi connectivity index (χ2v) is 5.72. The first-order chi connectivity index (χ1) is 12.0. The van der Waals surface area contributed by atoms with Gasteiger partial charge in [0.25, 0.3) is 5.56 Å². The zero-order valence-corrected chi connectivity index (χ0v) is 14.2. The van der Waals surface area contributed by atoms with Crippen molar-refractivity contribution in [1.82, 2.24) is 9.97 Å². The van der Waals surface area contributed by atoms with Crippen LogP contribution >= 0.6 is 0 Å². The standard InChI is InChI=1S/C19H18FN3O2/c1-11-4-9-15(20)16(10-11)21-19-22-17(12(2)18(24)23-19)13-5-7-14(25-3)8-6-13/h4-10H,1-3H3,(H2,21,22,23,24). The summed E-state index contributed by atoms with van der Waals surface area (Å²) in [5.74, 6) is 0.483. The van der Waals surface area contributed by atoms with Gasteiger partial charge in [0.05, 0.1) is 18.5 Å². The van der Waals surface area contributed by atoms with Crippen LogP contribution in [0.15, 0.2) is 47.3 Å². The van der Waals surface area contributed by atoms with E-state index in [9.17, 15) is 9.18 Å². The average Bonchev–Trinajstić information content (AvgIpc) is 2.61. The first kappa shape index (κ1) is 16.7. The fraction of sp³-hybridized carbons (Fsp3) is 0.158. The number of aromatic amines is 1. The Kier molecular flexibility index (Phi) is 4.52. The summed E-state index contributed by atoms with van der Waals surface area (Å²) in [4.78, 5) is 19.3. The van der Waals surface area contributed by atoms with Crippen LogP contribution < -0.4 is 15.6 Å². The number of hydrogen-bond donors (Lipinski definition) is 2. The van der Waals surface area contributed by atoms with Crippen molar-refractivity contribution in [3.05, 3.63) is 69.8 Å². The molecule has 0 aliphatic rings. The maximum Gasteiger partial charge on any atom is 0.255 e. The highest BCUT2D eigenvalue weighted by atomic mass is 19.1. The number of aryl methyl sites for hydroxylation is 1. The largest absolute Gasteiger partial charge is 0.497 e. The summed E-state index contributed by atoms with van der Waals surface area (Å²) in [5.41, 5.74) is 2.66. The zero-order valence-electron chi connectivity index (χ0n) is 14.2. The molecule has 128 valence electrons. The molecule has 2 aromatic carbocycles. The number of benzene rings is 2. The molecule has 0 fully saturated rings. The second kappa shape index (κ2) is 6.76. The lowest BCUT2D eigenvalue weighted by Gasteiger charge is -2.11. The predicted molar refractivity (Wildman–Crippen MR) is 96.0 cm³/mol. The maximum absolute atomic E-state index is 13.9. The predicted octanol–water partition coefficient (Wildman–Crippen LogP) is 3.95. The zero-order chi connectivity index (χ0) is 18.0. The van der Waals surface area contributed by atoms with Crippen molar-refractivity contribution >= 4 is 11.6 Å². The smallest absolute Gasteiger partial charge is 0.255 e. The monoisotopic (exact) mass is 339 g/mol. The topological polar surface area (TPSA) is 67.0 Å². The van der Waals surface area contributed by atoms with Crippen molar-refractivity contribution in [2.75, 3.05) is 12.4 Å². The Morgan fingerprint density at radius 3 is 2.52 bits per heavy atom. The van der Waals surface area contributed by atoms with Crippen LogP contribution in [-0.4, -0.2) is 17.1 Å². The minimum atomic E-state index is -0.417. The summed E-state index contributed by atoms with van der Waals surface area (Å²) < 4.78 is 19.1. The molecule has 0 saturated heterocycles. The van der Waals surface area contributed by atoms with Crippen LogP contribution in [0, 0.1) is 19.7 Å². The fourth-order valence-electron chi connectivity index (χ4n) is 2.48. The molecule has 0 saturated carbocycles. The summed E-state index contributed by atoms with van der Waals surface area (Å²) >= 11 is 0. The van der Waals surface area contributed by atoms with Crippen LogP contribution in [0.3, 0.4) is 0 Å². The molecule has 0 spiro atoms. The van der Waals surface area contributed by atoms with Gasteiger partial charge >= 0.3 is 0 Å². The Labute approximate surface area is 144 Å². The molecule has 3 rings (SSSR count). The SMILES string of the molecule is COc1ccc(-c2nc(Nc3cc(C)ccc3F)[nH]c(=O)c2C)cc1. The van der Waals surface area contributed by atoms with Gasteiger partial charge in [-0.05, 0) is 55.8 Å². The first-order valence-corrected chi connectivity index (χ1v) is 7.76. The summed E-state index contributed by atoms with van der Waals surface area (Å²) in [5, 5.41) is 2.85. The third-order valence-corrected chi connectivity index (χ3v) is 3.89. The van der Waals surface area contributed by atoms with Gasteiger partial charge in [-0.25, -0.2) is 9.37 Å². The van der Waals surface area contributed by atoms with Crippen LogP contribution in [0.5, 0.6) is 5.75 Å². The lowest BCUT2D eigenvalue weighted by atomic mass is 10.1. The number of rotatable bonds is 4. The Hall–Kier alpha value is -3.15. The Morgan fingerprint density at radius 1 is 1.12 bits per heavy atom. The molecule has 0 atom stereocenters. The van der Waals surface area contributed by atoms with Crippen molar-refractivity contribution in [3.63, 3.8) is 0 Å². The van der Waals surface area contributed by atoms with Gasteiger partial charge < -0.3 is 10.1 Å². The summed E-state index contributed by atoms with van der Waals surface area (Å²) in [6, 6.07) is 11.9. The third kappa shape index (κ3) is 3.52. The molecule has 1 heterocycles. The van der Waals surface area contributed by atoms with Crippen LogP contribution in [0.25, 0.3) is 11.3 Å². The van der Waals surface area contributed by atoms with Gasteiger partial charge in [-0.15, -0.1) is 0 Å². The molecule has 0 radical (unpaired) electrons. The van der Waals surface area contributed by atoms with Crippen LogP contribution in [0.2, 0.25) is 0 Å². The number of methoxy groups -OCH3 is 1. The van der Waals surface area contributed by atoms with Crippen LogP contribution in [0.1, 0.15) is 11.1 Å². The lowest BCUT2D eigenvalue weighted by molar-refractivity contribution is 0.415. The van der Waals surface area contributed by atoms with Crippen molar-refractivity contribution in [3.8, 4) is 17.0 Å². The van der Waals surface area contributed by atoms with Crippen molar-refractivity contribution in [2.24, 2.45) is 0 Å². The van der Waals surface area contributed by atoms with Crippen LogP contribution in [0.4, 0.5) is 16.0 Å². The molecular formula is C19H18FN3O2. The average molecular weight is 339 g/mol. The van der Waals surface area contributed by atoms with E-state index in [1.807, 2.05) is 19.1 Å². The highest BCUT2D eigenvalue weighted by Crippen LogP contribution is 2.24. The molecule has 0 amide bonds. The first-order valence-electron chi connectivity index (χ1n) is 7.76. The van der Waals surface area contributed by atoms with E-state index in [-0.39, 0.29) is 17.2 Å². The van der Waals surface area contributed by atoms with E-state index in [1.54, 1.807) is 38.3 Å². The van der Waals surface area contributed by atoms with E-state index in [0.29, 0.717) is 17.0 Å². The van der Waals surface area contributed by atoms with Gasteiger partial charge in [-0.1, -0.05) is 6.07 Å². The third-order valence-electron chi connectivity index (χ3n) is 3.89. The van der Waals surface area contributed by atoms with Crippen molar-refractivity contribution in [1.29, 1.82) is 0 Å². The number of anilines is 2. The van der Waals surface area contributed by atoms with Gasteiger partial charge in [0.2, 0.25) is 5.95 Å². The molecule has 2 N–H and O–H groups in total. The highest BCUT2D eigenvalue weighted by molar-refractivity contribution is 5.66. The minimum Gasteiger partial charge on any atom is -0.497 e.